The van der Waals surface area contributed by atoms with Gasteiger partial charge in [0.05, 0.1) is 19.8 Å². The molecule has 1 saturated heterocycles. The van der Waals surface area contributed by atoms with Crippen LogP contribution in [0.25, 0.3) is 0 Å². The molecule has 1 aromatic carbocycles. The van der Waals surface area contributed by atoms with Crippen LogP contribution in [-0.4, -0.2) is 38.9 Å². The number of benzene rings is 1. The lowest BCUT2D eigenvalue weighted by Gasteiger charge is -2.15. The lowest BCUT2D eigenvalue weighted by Crippen LogP contribution is -2.37. The summed E-state index contributed by atoms with van der Waals surface area (Å²) in [6.07, 6.45) is 3.41. The summed E-state index contributed by atoms with van der Waals surface area (Å²) in [7, 11) is 0. The van der Waals surface area contributed by atoms with Gasteiger partial charge < -0.3 is 20.1 Å². The Kier molecular flexibility index (Phi) is 8.60. The van der Waals surface area contributed by atoms with Crippen LogP contribution in [0.5, 0.6) is 5.75 Å². The maximum Gasteiger partial charge on any atom is 0.191 e. The minimum Gasteiger partial charge on any atom is -0.493 e. The number of aryl methyl sites for hydroxylation is 1. The molecule has 25 heavy (non-hydrogen) atoms. The standard InChI is InChI=1S/C20H33N3O2/c1-4-6-10-22-20(21-5-2)23-13-18-8-7-16(3)12-19(18)25-15-17-9-11-24-14-17/h7-8,12,17H,4-6,9-11,13-15H2,1-3H3,(H2,21,22,23). The maximum atomic E-state index is 6.10. The van der Waals surface area contributed by atoms with E-state index in [4.69, 9.17) is 14.5 Å². The first-order chi connectivity index (χ1) is 12.2. The van der Waals surface area contributed by atoms with Crippen LogP contribution in [0, 0.1) is 12.8 Å². The lowest BCUT2D eigenvalue weighted by atomic mass is 10.1. The molecule has 1 aliphatic rings. The zero-order valence-corrected chi connectivity index (χ0v) is 15.9. The van der Waals surface area contributed by atoms with Crippen molar-refractivity contribution in [3.8, 4) is 5.75 Å². The van der Waals surface area contributed by atoms with Crippen LogP contribution in [0.15, 0.2) is 23.2 Å². The van der Waals surface area contributed by atoms with Gasteiger partial charge in [0, 0.05) is 31.2 Å². The van der Waals surface area contributed by atoms with Gasteiger partial charge in [0.1, 0.15) is 5.75 Å². The van der Waals surface area contributed by atoms with Crippen LogP contribution in [0.4, 0.5) is 0 Å². The van der Waals surface area contributed by atoms with Crippen molar-refractivity contribution >= 4 is 5.96 Å². The Balaban J connectivity index is 1.99. The fourth-order valence-corrected chi connectivity index (χ4v) is 2.74. The molecule has 0 amide bonds. The van der Waals surface area contributed by atoms with Crippen molar-refractivity contribution in [2.75, 3.05) is 32.9 Å². The Morgan fingerprint density at radius 1 is 1.32 bits per heavy atom. The number of hydrogen-bond acceptors (Lipinski definition) is 3. The molecule has 2 N–H and O–H groups in total. The van der Waals surface area contributed by atoms with E-state index in [9.17, 15) is 0 Å². The van der Waals surface area contributed by atoms with E-state index in [-0.39, 0.29) is 0 Å². The molecule has 0 spiro atoms. The van der Waals surface area contributed by atoms with Gasteiger partial charge in [0.2, 0.25) is 0 Å². The highest BCUT2D eigenvalue weighted by molar-refractivity contribution is 5.79. The Hall–Kier alpha value is -1.75. The maximum absolute atomic E-state index is 6.10. The minimum atomic E-state index is 0.505. The molecule has 1 atom stereocenters. The van der Waals surface area contributed by atoms with E-state index in [1.165, 1.54) is 12.0 Å². The largest absolute Gasteiger partial charge is 0.493 e. The third-order valence-electron chi connectivity index (χ3n) is 4.30. The zero-order valence-electron chi connectivity index (χ0n) is 15.9. The van der Waals surface area contributed by atoms with Crippen LogP contribution >= 0.6 is 0 Å². The predicted molar refractivity (Wildman–Crippen MR) is 103 cm³/mol. The fraction of sp³-hybridized carbons (Fsp3) is 0.650. The molecular weight excluding hydrogens is 314 g/mol. The van der Waals surface area contributed by atoms with Crippen LogP contribution in [0.1, 0.15) is 44.2 Å². The summed E-state index contributed by atoms with van der Waals surface area (Å²) < 4.78 is 11.5. The predicted octanol–water partition coefficient (Wildman–Crippen LogP) is 3.27. The number of unbranched alkanes of at least 4 members (excludes halogenated alkanes) is 1. The van der Waals surface area contributed by atoms with Crippen molar-refractivity contribution in [1.82, 2.24) is 10.6 Å². The van der Waals surface area contributed by atoms with Gasteiger partial charge in [-0.2, -0.15) is 0 Å². The van der Waals surface area contributed by atoms with Crippen molar-refractivity contribution in [3.05, 3.63) is 29.3 Å². The first-order valence-corrected chi connectivity index (χ1v) is 9.55. The molecule has 5 nitrogen and oxygen atoms in total. The van der Waals surface area contributed by atoms with E-state index in [0.717, 1.165) is 63.0 Å². The summed E-state index contributed by atoms with van der Waals surface area (Å²) in [5.41, 5.74) is 2.33. The molecule has 1 heterocycles. The number of ether oxygens (including phenoxy) is 2. The van der Waals surface area contributed by atoms with Crippen LogP contribution < -0.4 is 15.4 Å². The first-order valence-electron chi connectivity index (χ1n) is 9.55. The van der Waals surface area contributed by atoms with Gasteiger partial charge in [0.25, 0.3) is 0 Å². The molecule has 0 bridgehead atoms. The minimum absolute atomic E-state index is 0.505. The molecule has 0 aliphatic carbocycles. The van der Waals surface area contributed by atoms with E-state index in [1.807, 2.05) is 0 Å². The number of hydrogen-bond donors (Lipinski definition) is 2. The summed E-state index contributed by atoms with van der Waals surface area (Å²) in [4.78, 5) is 4.72. The quantitative estimate of drug-likeness (QED) is 0.409. The third-order valence-corrected chi connectivity index (χ3v) is 4.30. The van der Waals surface area contributed by atoms with Crippen molar-refractivity contribution in [3.63, 3.8) is 0 Å². The first kappa shape index (κ1) is 19.6. The van der Waals surface area contributed by atoms with Gasteiger partial charge >= 0.3 is 0 Å². The second-order valence-electron chi connectivity index (χ2n) is 6.63. The molecule has 0 saturated carbocycles. The van der Waals surface area contributed by atoms with Crippen molar-refractivity contribution in [1.29, 1.82) is 0 Å². The number of aliphatic imine (C=N–C) groups is 1. The van der Waals surface area contributed by atoms with Crippen LogP contribution in [0.3, 0.4) is 0 Å². The Morgan fingerprint density at radius 3 is 2.92 bits per heavy atom. The molecule has 0 radical (unpaired) electrons. The normalized spacial score (nSPS) is 17.6. The van der Waals surface area contributed by atoms with Crippen molar-refractivity contribution in [2.45, 2.75) is 46.6 Å². The SMILES string of the molecule is CCCCNC(=NCc1ccc(C)cc1OCC1CCOC1)NCC. The van der Waals surface area contributed by atoms with Gasteiger partial charge in [-0.05, 0) is 38.3 Å². The van der Waals surface area contributed by atoms with E-state index in [2.05, 4.69) is 49.6 Å². The molecule has 1 unspecified atom stereocenters. The number of nitrogens with zero attached hydrogens (tertiary/aromatic N) is 1. The highest BCUT2D eigenvalue weighted by Crippen LogP contribution is 2.23. The zero-order chi connectivity index (χ0) is 17.9. The smallest absolute Gasteiger partial charge is 0.191 e. The van der Waals surface area contributed by atoms with Crippen molar-refractivity contribution < 1.29 is 9.47 Å². The van der Waals surface area contributed by atoms with E-state index in [1.54, 1.807) is 0 Å². The number of nitrogens with one attached hydrogen (secondary N) is 2. The lowest BCUT2D eigenvalue weighted by molar-refractivity contribution is 0.166. The van der Waals surface area contributed by atoms with Crippen LogP contribution in [-0.2, 0) is 11.3 Å². The fourth-order valence-electron chi connectivity index (χ4n) is 2.74. The second-order valence-corrected chi connectivity index (χ2v) is 6.63. The Labute approximate surface area is 152 Å². The highest BCUT2D eigenvalue weighted by Gasteiger charge is 2.17. The molecule has 140 valence electrons. The summed E-state index contributed by atoms with van der Waals surface area (Å²) in [6, 6.07) is 6.35. The van der Waals surface area contributed by atoms with Gasteiger partial charge in [-0.1, -0.05) is 25.5 Å². The Bertz CT molecular complexity index is 540. The topological polar surface area (TPSA) is 54.9 Å². The molecular formula is C20H33N3O2. The second kappa shape index (κ2) is 11.0. The van der Waals surface area contributed by atoms with E-state index in [0.29, 0.717) is 12.5 Å². The van der Waals surface area contributed by atoms with Gasteiger partial charge in [-0.3, -0.25) is 0 Å². The summed E-state index contributed by atoms with van der Waals surface area (Å²) in [5, 5.41) is 6.68. The molecule has 2 rings (SSSR count). The molecule has 1 aromatic rings. The van der Waals surface area contributed by atoms with Crippen LogP contribution in [0.2, 0.25) is 0 Å². The average Bonchev–Trinajstić information content (AvgIpc) is 3.12. The number of guanidine groups is 1. The van der Waals surface area contributed by atoms with Gasteiger partial charge in [-0.25, -0.2) is 4.99 Å². The monoisotopic (exact) mass is 347 g/mol. The molecule has 1 fully saturated rings. The summed E-state index contributed by atoms with van der Waals surface area (Å²) >= 11 is 0. The Morgan fingerprint density at radius 2 is 2.20 bits per heavy atom. The highest BCUT2D eigenvalue weighted by atomic mass is 16.5. The molecule has 0 aromatic heterocycles. The van der Waals surface area contributed by atoms with E-state index < -0.39 is 0 Å². The molecule has 5 heteroatoms. The summed E-state index contributed by atoms with van der Waals surface area (Å²) in [5.74, 6) is 2.32. The third kappa shape index (κ3) is 6.94. The van der Waals surface area contributed by atoms with Gasteiger partial charge in [-0.15, -0.1) is 0 Å². The number of rotatable bonds is 9. The molecule has 1 aliphatic heterocycles. The van der Waals surface area contributed by atoms with Crippen molar-refractivity contribution in [2.24, 2.45) is 10.9 Å². The average molecular weight is 348 g/mol. The van der Waals surface area contributed by atoms with Gasteiger partial charge in [0.15, 0.2) is 5.96 Å². The summed E-state index contributed by atoms with van der Waals surface area (Å²) in [6.45, 7) is 11.2. The van der Waals surface area contributed by atoms with E-state index >= 15 is 0 Å².